The van der Waals surface area contributed by atoms with Gasteiger partial charge in [0, 0.05) is 44.0 Å². The van der Waals surface area contributed by atoms with Crippen LogP contribution in [0.3, 0.4) is 0 Å². The van der Waals surface area contributed by atoms with Crippen molar-refractivity contribution in [2.45, 2.75) is 13.1 Å². The van der Waals surface area contributed by atoms with Crippen LogP contribution in [0.5, 0.6) is 0 Å². The average molecular weight is 412 g/mol. The van der Waals surface area contributed by atoms with Crippen molar-refractivity contribution in [3.63, 3.8) is 0 Å². The maximum absolute atomic E-state index is 13.8. The number of rotatable bonds is 6. The monoisotopic (exact) mass is 412 g/mol. The highest BCUT2D eigenvalue weighted by molar-refractivity contribution is 6.02. The number of hydrogen-bond acceptors (Lipinski definition) is 5. The van der Waals surface area contributed by atoms with Gasteiger partial charge in [0.05, 0.1) is 6.54 Å². The lowest BCUT2D eigenvalue weighted by Crippen LogP contribution is -2.45. The molecule has 1 aliphatic heterocycles. The van der Waals surface area contributed by atoms with Crippen LogP contribution in [-0.2, 0) is 13.1 Å². The van der Waals surface area contributed by atoms with Crippen LogP contribution < -0.4 is 5.32 Å². The van der Waals surface area contributed by atoms with E-state index in [1.807, 2.05) is 12.1 Å². The molecule has 8 heteroatoms. The molecule has 0 saturated carbocycles. The summed E-state index contributed by atoms with van der Waals surface area (Å²) in [5.41, 5.74) is 1.36. The average Bonchev–Trinajstić information content (AvgIpc) is 3.21. The summed E-state index contributed by atoms with van der Waals surface area (Å²) in [6, 6.07) is 12.3. The molecule has 2 aromatic carbocycles. The minimum atomic E-state index is -0.411. The second-order valence-electron chi connectivity index (χ2n) is 7.23. The van der Waals surface area contributed by atoms with E-state index in [2.05, 4.69) is 20.1 Å². The SMILES string of the molecule is O=C(Nc1ccc(F)cc1)c1coc(CN2CCN(Cc3ccccc3F)CC2)n1. The number of amides is 1. The van der Waals surface area contributed by atoms with Crippen molar-refractivity contribution in [1.29, 1.82) is 0 Å². The molecule has 4 rings (SSSR count). The molecule has 6 nitrogen and oxygen atoms in total. The van der Waals surface area contributed by atoms with Crippen LogP contribution in [0.15, 0.2) is 59.2 Å². The fourth-order valence-corrected chi connectivity index (χ4v) is 3.38. The number of anilines is 1. The molecule has 0 spiro atoms. The predicted molar refractivity (Wildman–Crippen MR) is 108 cm³/mol. The molecule has 0 bridgehead atoms. The highest BCUT2D eigenvalue weighted by Gasteiger charge is 2.20. The zero-order valence-corrected chi connectivity index (χ0v) is 16.4. The fraction of sp³-hybridized carbons (Fsp3) is 0.273. The Kier molecular flexibility index (Phi) is 6.15. The van der Waals surface area contributed by atoms with E-state index in [9.17, 15) is 13.6 Å². The smallest absolute Gasteiger partial charge is 0.277 e. The molecular formula is C22H22F2N4O2. The Bertz CT molecular complexity index is 998. The molecular weight excluding hydrogens is 390 g/mol. The third-order valence-electron chi connectivity index (χ3n) is 5.06. The number of hydrogen-bond donors (Lipinski definition) is 1. The number of nitrogens with zero attached hydrogens (tertiary/aromatic N) is 3. The second kappa shape index (κ2) is 9.15. The first kappa shape index (κ1) is 20.2. The Morgan fingerprint density at radius 1 is 0.967 bits per heavy atom. The van der Waals surface area contributed by atoms with Crippen molar-refractivity contribution in [2.75, 3.05) is 31.5 Å². The van der Waals surface area contributed by atoms with E-state index >= 15 is 0 Å². The molecule has 3 aromatic rings. The zero-order valence-electron chi connectivity index (χ0n) is 16.4. The number of carbonyl (C=O) groups excluding carboxylic acids is 1. The van der Waals surface area contributed by atoms with Gasteiger partial charge in [0.1, 0.15) is 17.9 Å². The van der Waals surface area contributed by atoms with Gasteiger partial charge < -0.3 is 9.73 Å². The predicted octanol–water partition coefficient (Wildman–Crippen LogP) is 3.52. The molecule has 30 heavy (non-hydrogen) atoms. The van der Waals surface area contributed by atoms with Gasteiger partial charge in [0.2, 0.25) is 5.89 Å². The van der Waals surface area contributed by atoms with Gasteiger partial charge in [0.15, 0.2) is 5.69 Å². The van der Waals surface area contributed by atoms with Gasteiger partial charge in [-0.25, -0.2) is 13.8 Å². The molecule has 1 saturated heterocycles. The van der Waals surface area contributed by atoms with Gasteiger partial charge in [-0.05, 0) is 30.3 Å². The van der Waals surface area contributed by atoms with E-state index in [-0.39, 0.29) is 17.3 Å². The molecule has 1 amide bonds. The first-order valence-electron chi connectivity index (χ1n) is 9.76. The van der Waals surface area contributed by atoms with Gasteiger partial charge in [-0.3, -0.25) is 14.6 Å². The summed E-state index contributed by atoms with van der Waals surface area (Å²) >= 11 is 0. The molecule has 1 aromatic heterocycles. The van der Waals surface area contributed by atoms with Crippen molar-refractivity contribution in [1.82, 2.24) is 14.8 Å². The number of oxazole rings is 1. The molecule has 0 unspecified atom stereocenters. The quantitative estimate of drug-likeness (QED) is 0.671. The molecule has 0 aliphatic carbocycles. The van der Waals surface area contributed by atoms with Crippen molar-refractivity contribution >= 4 is 11.6 Å². The minimum absolute atomic E-state index is 0.174. The number of benzene rings is 2. The Balaban J connectivity index is 1.27. The van der Waals surface area contributed by atoms with Crippen LogP contribution >= 0.6 is 0 Å². The zero-order chi connectivity index (χ0) is 20.9. The molecule has 0 atom stereocenters. The molecule has 0 radical (unpaired) electrons. The lowest BCUT2D eigenvalue weighted by Gasteiger charge is -2.34. The maximum Gasteiger partial charge on any atom is 0.277 e. The Morgan fingerprint density at radius 2 is 1.63 bits per heavy atom. The summed E-state index contributed by atoms with van der Waals surface area (Å²) in [6.07, 6.45) is 1.32. The van der Waals surface area contributed by atoms with Gasteiger partial charge in [-0.1, -0.05) is 18.2 Å². The second-order valence-corrected chi connectivity index (χ2v) is 7.23. The van der Waals surface area contributed by atoms with Gasteiger partial charge in [-0.15, -0.1) is 0 Å². The summed E-state index contributed by atoms with van der Waals surface area (Å²) < 4.78 is 32.2. The lowest BCUT2D eigenvalue weighted by molar-refractivity contribution is 0.102. The highest BCUT2D eigenvalue weighted by atomic mass is 19.1. The van der Waals surface area contributed by atoms with E-state index in [0.29, 0.717) is 30.2 Å². The first-order valence-corrected chi connectivity index (χ1v) is 9.76. The van der Waals surface area contributed by atoms with Crippen LogP contribution in [0.25, 0.3) is 0 Å². The number of nitrogens with one attached hydrogen (secondary N) is 1. The molecule has 156 valence electrons. The highest BCUT2D eigenvalue weighted by Crippen LogP contribution is 2.15. The summed E-state index contributed by atoms with van der Waals surface area (Å²) in [5, 5.41) is 2.66. The minimum Gasteiger partial charge on any atom is -0.447 e. The van der Waals surface area contributed by atoms with Crippen LogP contribution in [0.4, 0.5) is 14.5 Å². The standard InChI is InChI=1S/C22H22F2N4O2/c23-17-5-7-18(8-6-17)25-22(29)20-15-30-21(26-20)14-28-11-9-27(10-12-28)13-16-3-1-2-4-19(16)24/h1-8,15H,9-14H2,(H,25,29). The normalized spacial score (nSPS) is 15.3. The first-order chi connectivity index (χ1) is 14.6. The number of carbonyl (C=O) groups is 1. The van der Waals surface area contributed by atoms with E-state index < -0.39 is 5.91 Å². The van der Waals surface area contributed by atoms with Gasteiger partial charge >= 0.3 is 0 Å². The number of piperazine rings is 1. The van der Waals surface area contributed by atoms with E-state index in [4.69, 9.17) is 4.42 Å². The van der Waals surface area contributed by atoms with E-state index in [1.165, 1.54) is 36.6 Å². The number of halogens is 2. The van der Waals surface area contributed by atoms with Gasteiger partial charge in [0.25, 0.3) is 5.91 Å². The fourth-order valence-electron chi connectivity index (χ4n) is 3.38. The van der Waals surface area contributed by atoms with Crippen molar-refractivity contribution in [2.24, 2.45) is 0 Å². The van der Waals surface area contributed by atoms with Crippen LogP contribution in [0.2, 0.25) is 0 Å². The Hall–Kier alpha value is -3.10. The van der Waals surface area contributed by atoms with Crippen LogP contribution in [-0.4, -0.2) is 46.9 Å². The molecule has 1 N–H and O–H groups in total. The molecule has 1 fully saturated rings. The Morgan fingerprint density at radius 3 is 2.33 bits per heavy atom. The maximum atomic E-state index is 13.8. The van der Waals surface area contributed by atoms with E-state index in [0.717, 1.165) is 26.2 Å². The van der Waals surface area contributed by atoms with E-state index in [1.54, 1.807) is 6.07 Å². The topological polar surface area (TPSA) is 61.6 Å². The summed E-state index contributed by atoms with van der Waals surface area (Å²) in [4.78, 5) is 20.9. The molecule has 1 aliphatic rings. The Labute approximate surface area is 173 Å². The van der Waals surface area contributed by atoms with Crippen molar-refractivity contribution in [3.05, 3.63) is 83.6 Å². The molecule has 2 heterocycles. The third-order valence-corrected chi connectivity index (χ3v) is 5.06. The number of aromatic nitrogens is 1. The lowest BCUT2D eigenvalue weighted by atomic mass is 10.2. The van der Waals surface area contributed by atoms with Crippen LogP contribution in [0, 0.1) is 11.6 Å². The van der Waals surface area contributed by atoms with Crippen molar-refractivity contribution < 1.29 is 18.0 Å². The van der Waals surface area contributed by atoms with Crippen molar-refractivity contribution in [3.8, 4) is 0 Å². The third kappa shape index (κ3) is 5.08. The summed E-state index contributed by atoms with van der Waals surface area (Å²) in [5.74, 6) is -0.495. The van der Waals surface area contributed by atoms with Gasteiger partial charge in [-0.2, -0.15) is 0 Å². The largest absolute Gasteiger partial charge is 0.447 e. The summed E-state index contributed by atoms with van der Waals surface area (Å²) in [6.45, 7) is 4.31. The summed E-state index contributed by atoms with van der Waals surface area (Å²) in [7, 11) is 0. The van der Waals surface area contributed by atoms with Crippen LogP contribution in [0.1, 0.15) is 21.9 Å².